The van der Waals surface area contributed by atoms with Gasteiger partial charge in [0, 0.05) is 39.4 Å². The highest BCUT2D eigenvalue weighted by Crippen LogP contribution is 2.40. The van der Waals surface area contributed by atoms with Gasteiger partial charge < -0.3 is 5.32 Å². The van der Waals surface area contributed by atoms with Crippen LogP contribution in [0.4, 0.5) is 5.82 Å². The summed E-state index contributed by atoms with van der Waals surface area (Å²) in [5.41, 5.74) is 1.90. The van der Waals surface area contributed by atoms with Crippen LogP contribution in [-0.4, -0.2) is 21.5 Å². The third-order valence-electron chi connectivity index (χ3n) is 3.32. The standard InChI is InChI=1S/C15H16Br2N4/c1-2-5-18-13-7-12(9-3-4-9)20-15(21-13)14-11(17)6-10(16)8-19-14/h6-9H,2-5H2,1H3,(H,18,20,21). The first-order valence-corrected chi connectivity index (χ1v) is 8.70. The van der Waals surface area contributed by atoms with Gasteiger partial charge in [-0.05, 0) is 57.2 Å². The molecule has 21 heavy (non-hydrogen) atoms. The van der Waals surface area contributed by atoms with Crippen LogP contribution in [0.25, 0.3) is 11.5 Å². The van der Waals surface area contributed by atoms with Crippen molar-refractivity contribution in [2.45, 2.75) is 32.1 Å². The van der Waals surface area contributed by atoms with Gasteiger partial charge in [-0.25, -0.2) is 9.97 Å². The van der Waals surface area contributed by atoms with Gasteiger partial charge >= 0.3 is 0 Å². The van der Waals surface area contributed by atoms with E-state index in [4.69, 9.17) is 4.98 Å². The summed E-state index contributed by atoms with van der Waals surface area (Å²) < 4.78 is 1.83. The van der Waals surface area contributed by atoms with Gasteiger partial charge in [-0.1, -0.05) is 6.92 Å². The molecule has 0 aromatic carbocycles. The van der Waals surface area contributed by atoms with E-state index in [-0.39, 0.29) is 0 Å². The number of pyridine rings is 1. The van der Waals surface area contributed by atoms with Gasteiger partial charge in [0.15, 0.2) is 5.82 Å². The number of nitrogens with zero attached hydrogens (tertiary/aromatic N) is 3. The van der Waals surface area contributed by atoms with Crippen LogP contribution < -0.4 is 5.32 Å². The Morgan fingerprint density at radius 1 is 1.24 bits per heavy atom. The fourth-order valence-electron chi connectivity index (χ4n) is 2.08. The summed E-state index contributed by atoms with van der Waals surface area (Å²) in [6, 6.07) is 4.04. The minimum atomic E-state index is 0.586. The number of nitrogens with one attached hydrogen (secondary N) is 1. The summed E-state index contributed by atoms with van der Waals surface area (Å²) in [6.45, 7) is 3.05. The van der Waals surface area contributed by atoms with Crippen LogP contribution in [0.15, 0.2) is 27.3 Å². The third-order valence-corrected chi connectivity index (χ3v) is 4.36. The van der Waals surface area contributed by atoms with Crippen LogP contribution in [0.2, 0.25) is 0 Å². The van der Waals surface area contributed by atoms with Crippen LogP contribution in [0.3, 0.4) is 0 Å². The van der Waals surface area contributed by atoms with Crippen molar-refractivity contribution >= 4 is 37.7 Å². The summed E-state index contributed by atoms with van der Waals surface area (Å²) in [5.74, 6) is 2.15. The Morgan fingerprint density at radius 2 is 2.05 bits per heavy atom. The molecule has 110 valence electrons. The lowest BCUT2D eigenvalue weighted by atomic mass is 10.2. The maximum Gasteiger partial charge on any atom is 0.181 e. The molecule has 0 saturated heterocycles. The highest BCUT2D eigenvalue weighted by molar-refractivity contribution is 9.11. The Morgan fingerprint density at radius 3 is 2.71 bits per heavy atom. The van der Waals surface area contributed by atoms with Crippen molar-refractivity contribution in [1.29, 1.82) is 0 Å². The molecule has 0 unspecified atom stereocenters. The Balaban J connectivity index is 2.01. The first kappa shape index (κ1) is 14.9. The molecule has 1 aliphatic rings. The molecule has 0 radical (unpaired) electrons. The molecule has 2 aromatic heterocycles. The largest absolute Gasteiger partial charge is 0.370 e. The monoisotopic (exact) mass is 410 g/mol. The molecular formula is C15H16Br2N4. The molecule has 0 atom stereocenters. The normalized spacial score (nSPS) is 14.2. The zero-order valence-electron chi connectivity index (χ0n) is 11.7. The average molecular weight is 412 g/mol. The maximum atomic E-state index is 4.71. The Kier molecular flexibility index (Phi) is 4.54. The van der Waals surface area contributed by atoms with Crippen LogP contribution in [0.1, 0.15) is 37.8 Å². The average Bonchev–Trinajstić information content (AvgIpc) is 3.29. The number of anilines is 1. The minimum absolute atomic E-state index is 0.586. The molecule has 6 heteroatoms. The lowest BCUT2D eigenvalue weighted by Crippen LogP contribution is -2.06. The fourth-order valence-corrected chi connectivity index (χ4v) is 3.25. The highest BCUT2D eigenvalue weighted by Gasteiger charge is 2.26. The molecule has 2 aromatic rings. The van der Waals surface area contributed by atoms with E-state index in [1.165, 1.54) is 12.8 Å². The Hall–Kier alpha value is -1.01. The Labute approximate surface area is 141 Å². The lowest BCUT2D eigenvalue weighted by Gasteiger charge is -2.10. The van der Waals surface area contributed by atoms with E-state index in [9.17, 15) is 0 Å². The van der Waals surface area contributed by atoms with Gasteiger partial charge in [0.05, 0.1) is 0 Å². The van der Waals surface area contributed by atoms with Crippen LogP contribution in [0, 0.1) is 0 Å². The summed E-state index contributed by atoms with van der Waals surface area (Å²) in [7, 11) is 0. The van der Waals surface area contributed by atoms with Gasteiger partial charge in [-0.2, -0.15) is 0 Å². The summed E-state index contributed by atoms with van der Waals surface area (Å²) in [6.07, 6.45) is 5.28. The first-order valence-electron chi connectivity index (χ1n) is 7.11. The van der Waals surface area contributed by atoms with E-state index < -0.39 is 0 Å². The molecule has 1 N–H and O–H groups in total. The predicted molar refractivity (Wildman–Crippen MR) is 91.4 cm³/mol. The fraction of sp³-hybridized carbons (Fsp3) is 0.400. The molecule has 0 spiro atoms. The van der Waals surface area contributed by atoms with E-state index in [1.54, 1.807) is 6.20 Å². The molecule has 2 heterocycles. The van der Waals surface area contributed by atoms with Gasteiger partial charge in [-0.3, -0.25) is 4.98 Å². The zero-order chi connectivity index (χ0) is 14.8. The molecule has 1 fully saturated rings. The van der Waals surface area contributed by atoms with Crippen molar-refractivity contribution in [2.75, 3.05) is 11.9 Å². The molecule has 1 saturated carbocycles. The van der Waals surface area contributed by atoms with Gasteiger partial charge in [-0.15, -0.1) is 0 Å². The molecule has 0 bridgehead atoms. The minimum Gasteiger partial charge on any atom is -0.370 e. The molecule has 1 aliphatic carbocycles. The van der Waals surface area contributed by atoms with Crippen LogP contribution in [-0.2, 0) is 0 Å². The van der Waals surface area contributed by atoms with Crippen molar-refractivity contribution in [3.63, 3.8) is 0 Å². The summed E-state index contributed by atoms with van der Waals surface area (Å²) in [4.78, 5) is 13.8. The molecule has 4 nitrogen and oxygen atoms in total. The van der Waals surface area contributed by atoms with Crippen LogP contribution in [0.5, 0.6) is 0 Å². The Bertz CT molecular complexity index is 656. The first-order chi connectivity index (χ1) is 10.2. The van der Waals surface area contributed by atoms with E-state index >= 15 is 0 Å². The molecular weight excluding hydrogens is 396 g/mol. The number of rotatable bonds is 5. The molecule has 0 aliphatic heterocycles. The van der Waals surface area contributed by atoms with Crippen molar-refractivity contribution in [1.82, 2.24) is 15.0 Å². The highest BCUT2D eigenvalue weighted by atomic mass is 79.9. The molecule has 0 amide bonds. The second-order valence-electron chi connectivity index (χ2n) is 5.19. The zero-order valence-corrected chi connectivity index (χ0v) is 14.9. The molecule has 3 rings (SSSR count). The van der Waals surface area contributed by atoms with Crippen molar-refractivity contribution in [3.05, 3.63) is 33.0 Å². The smallest absolute Gasteiger partial charge is 0.181 e. The van der Waals surface area contributed by atoms with Crippen LogP contribution >= 0.6 is 31.9 Å². The topological polar surface area (TPSA) is 50.7 Å². The predicted octanol–water partition coefficient (Wildman–Crippen LogP) is 4.76. The second-order valence-corrected chi connectivity index (χ2v) is 6.96. The van der Waals surface area contributed by atoms with Crippen molar-refractivity contribution < 1.29 is 0 Å². The quantitative estimate of drug-likeness (QED) is 0.770. The van der Waals surface area contributed by atoms with Gasteiger partial charge in [0.1, 0.15) is 11.5 Å². The van der Waals surface area contributed by atoms with Crippen molar-refractivity contribution in [3.8, 4) is 11.5 Å². The van der Waals surface area contributed by atoms with Crippen molar-refractivity contribution in [2.24, 2.45) is 0 Å². The number of hydrogen-bond acceptors (Lipinski definition) is 4. The SMILES string of the molecule is CCCNc1cc(C2CC2)nc(-c2ncc(Br)cc2Br)n1. The number of aromatic nitrogens is 3. The summed E-state index contributed by atoms with van der Waals surface area (Å²) >= 11 is 6.96. The van der Waals surface area contributed by atoms with E-state index in [2.05, 4.69) is 60.1 Å². The second kappa shape index (κ2) is 6.40. The summed E-state index contributed by atoms with van der Waals surface area (Å²) in [5, 5.41) is 3.35. The van der Waals surface area contributed by atoms with E-state index in [0.29, 0.717) is 11.7 Å². The maximum absolute atomic E-state index is 4.71. The van der Waals surface area contributed by atoms with E-state index in [0.717, 1.165) is 39.1 Å². The third kappa shape index (κ3) is 3.61. The van der Waals surface area contributed by atoms with E-state index in [1.807, 2.05) is 6.07 Å². The lowest BCUT2D eigenvalue weighted by molar-refractivity contribution is 0.945. The number of halogens is 2. The van der Waals surface area contributed by atoms with Gasteiger partial charge in [0.25, 0.3) is 0 Å². The number of hydrogen-bond donors (Lipinski definition) is 1. The van der Waals surface area contributed by atoms with Gasteiger partial charge in [0.2, 0.25) is 0 Å².